The molecule has 2 aliphatic rings. The largest absolute Gasteiger partial charge is 0.497 e. The number of fused-ring (bicyclic) bond motifs is 1. The van der Waals surface area contributed by atoms with Crippen molar-refractivity contribution < 1.29 is 13.7 Å². The van der Waals surface area contributed by atoms with Crippen molar-refractivity contribution in [3.8, 4) is 16.9 Å². The quantitative estimate of drug-likeness (QED) is 0.694. The number of aromatic nitrogens is 3. The Morgan fingerprint density at radius 3 is 2.63 bits per heavy atom. The van der Waals surface area contributed by atoms with Gasteiger partial charge in [0, 0.05) is 42.4 Å². The SMILES string of the molecule is COc1cc(-c2ccc(N3CCCCC3)nc2)c2cnn(C3=CC(=O)NS3=O)c2c1. The van der Waals surface area contributed by atoms with Crippen molar-refractivity contribution >= 4 is 38.6 Å². The number of rotatable bonds is 4. The van der Waals surface area contributed by atoms with Crippen LogP contribution in [-0.2, 0) is 15.8 Å². The summed E-state index contributed by atoms with van der Waals surface area (Å²) in [5, 5.41) is 5.55. The van der Waals surface area contributed by atoms with Crippen LogP contribution in [0.5, 0.6) is 5.75 Å². The number of carbonyl (C=O) groups is 1. The molecule has 0 saturated carbocycles. The van der Waals surface area contributed by atoms with Crippen molar-refractivity contribution in [1.29, 1.82) is 0 Å². The Labute approximate surface area is 176 Å². The molecule has 1 unspecified atom stereocenters. The highest BCUT2D eigenvalue weighted by Crippen LogP contribution is 2.35. The molecule has 0 bridgehead atoms. The minimum atomic E-state index is -1.64. The summed E-state index contributed by atoms with van der Waals surface area (Å²) < 4.78 is 21.6. The van der Waals surface area contributed by atoms with E-state index in [2.05, 4.69) is 20.8 Å². The van der Waals surface area contributed by atoms with Gasteiger partial charge in [-0.3, -0.25) is 9.52 Å². The Morgan fingerprint density at radius 2 is 1.97 bits per heavy atom. The number of carbonyl (C=O) groups excluding carboxylic acids is 1. The molecule has 0 aliphatic carbocycles. The first-order chi connectivity index (χ1) is 14.6. The first-order valence-corrected chi connectivity index (χ1v) is 11.0. The lowest BCUT2D eigenvalue weighted by molar-refractivity contribution is -0.114. The van der Waals surface area contributed by atoms with Crippen LogP contribution in [0.1, 0.15) is 19.3 Å². The van der Waals surface area contributed by atoms with Crippen LogP contribution in [0.2, 0.25) is 0 Å². The highest BCUT2D eigenvalue weighted by atomic mass is 32.2. The van der Waals surface area contributed by atoms with Gasteiger partial charge in [0.15, 0.2) is 16.0 Å². The Balaban J connectivity index is 1.58. The smallest absolute Gasteiger partial charge is 0.258 e. The standard InChI is InChI=1S/C21H21N5O3S/c1-29-15-9-16(14-5-6-19(22-12-14)25-7-3-2-4-8-25)17-13-23-26(18(17)10-15)21-11-20(27)24-30(21)28/h5-6,9-13H,2-4,7-8H2,1H3,(H,24,27). The van der Waals surface area contributed by atoms with Crippen molar-refractivity contribution in [3.63, 3.8) is 0 Å². The summed E-state index contributed by atoms with van der Waals surface area (Å²) in [5.74, 6) is 1.24. The van der Waals surface area contributed by atoms with Gasteiger partial charge < -0.3 is 9.64 Å². The predicted octanol–water partition coefficient (Wildman–Crippen LogP) is 2.69. The molecule has 1 saturated heterocycles. The molecular formula is C21H21N5O3S. The number of amides is 1. The molecule has 4 heterocycles. The van der Waals surface area contributed by atoms with E-state index in [9.17, 15) is 9.00 Å². The lowest BCUT2D eigenvalue weighted by Gasteiger charge is -2.27. The second-order valence-corrected chi connectivity index (χ2v) is 8.49. The van der Waals surface area contributed by atoms with E-state index in [1.54, 1.807) is 13.3 Å². The van der Waals surface area contributed by atoms with Crippen molar-refractivity contribution in [2.24, 2.45) is 0 Å². The summed E-state index contributed by atoms with van der Waals surface area (Å²) in [5.41, 5.74) is 2.56. The van der Waals surface area contributed by atoms with Gasteiger partial charge in [-0.05, 0) is 43.0 Å². The zero-order chi connectivity index (χ0) is 20.7. The average Bonchev–Trinajstić information content (AvgIpc) is 3.35. The van der Waals surface area contributed by atoms with E-state index in [1.165, 1.54) is 30.0 Å². The van der Waals surface area contributed by atoms with E-state index in [0.717, 1.165) is 35.4 Å². The van der Waals surface area contributed by atoms with Crippen molar-refractivity contribution in [3.05, 3.63) is 42.7 Å². The first kappa shape index (κ1) is 18.8. The van der Waals surface area contributed by atoms with Crippen LogP contribution in [0.15, 0.2) is 42.7 Å². The molecule has 0 spiro atoms. The van der Waals surface area contributed by atoms with E-state index in [-0.39, 0.29) is 0 Å². The third-order valence-electron chi connectivity index (χ3n) is 5.48. The van der Waals surface area contributed by atoms with Crippen LogP contribution in [0, 0.1) is 0 Å². The molecule has 2 aromatic heterocycles. The van der Waals surface area contributed by atoms with Gasteiger partial charge in [0.2, 0.25) is 0 Å². The molecule has 2 aliphatic heterocycles. The van der Waals surface area contributed by atoms with Crippen LogP contribution < -0.4 is 14.4 Å². The van der Waals surface area contributed by atoms with Gasteiger partial charge in [0.05, 0.1) is 18.8 Å². The van der Waals surface area contributed by atoms with Gasteiger partial charge in [-0.15, -0.1) is 0 Å². The van der Waals surface area contributed by atoms with Crippen molar-refractivity contribution in [2.75, 3.05) is 25.1 Å². The normalized spacial score (nSPS) is 19.1. The summed E-state index contributed by atoms with van der Waals surface area (Å²) >= 11 is 0. The lowest BCUT2D eigenvalue weighted by Crippen LogP contribution is -2.29. The van der Waals surface area contributed by atoms with Gasteiger partial charge in [0.25, 0.3) is 5.91 Å². The van der Waals surface area contributed by atoms with Crippen molar-refractivity contribution in [1.82, 2.24) is 19.5 Å². The van der Waals surface area contributed by atoms with Crippen LogP contribution in [0.25, 0.3) is 27.1 Å². The maximum atomic E-state index is 12.2. The Morgan fingerprint density at radius 1 is 1.13 bits per heavy atom. The van der Waals surface area contributed by atoms with Gasteiger partial charge in [-0.1, -0.05) is 0 Å². The fourth-order valence-corrected chi connectivity index (χ4v) is 4.83. The number of pyridine rings is 1. The minimum Gasteiger partial charge on any atom is -0.497 e. The highest BCUT2D eigenvalue weighted by molar-refractivity contribution is 7.93. The van der Waals surface area contributed by atoms with E-state index < -0.39 is 16.9 Å². The molecule has 3 aromatic rings. The summed E-state index contributed by atoms with van der Waals surface area (Å²) in [6.07, 6.45) is 8.57. The zero-order valence-electron chi connectivity index (χ0n) is 16.5. The van der Waals surface area contributed by atoms with E-state index in [1.807, 2.05) is 24.4 Å². The van der Waals surface area contributed by atoms with Gasteiger partial charge in [0.1, 0.15) is 11.6 Å². The molecule has 0 radical (unpaired) electrons. The average molecular weight is 423 g/mol. The molecule has 1 atom stereocenters. The Kier molecular flexibility index (Phi) is 4.74. The lowest BCUT2D eigenvalue weighted by atomic mass is 10.0. The number of piperidine rings is 1. The Bertz CT molecular complexity index is 1180. The molecule has 5 rings (SSSR count). The second kappa shape index (κ2) is 7.56. The third kappa shape index (κ3) is 3.24. The number of nitrogens with zero attached hydrogens (tertiary/aromatic N) is 4. The third-order valence-corrected chi connectivity index (χ3v) is 6.54. The number of methoxy groups -OCH3 is 1. The number of ether oxygens (including phenoxy) is 1. The van der Waals surface area contributed by atoms with Gasteiger partial charge in [-0.25, -0.2) is 13.9 Å². The van der Waals surface area contributed by atoms with E-state index in [4.69, 9.17) is 9.72 Å². The fourth-order valence-electron chi connectivity index (χ4n) is 3.97. The van der Waals surface area contributed by atoms with Crippen LogP contribution in [-0.4, -0.2) is 45.1 Å². The molecule has 1 aromatic carbocycles. The molecule has 9 heteroatoms. The topological polar surface area (TPSA) is 89.3 Å². The number of benzene rings is 1. The van der Waals surface area contributed by atoms with Crippen LogP contribution in [0.3, 0.4) is 0 Å². The van der Waals surface area contributed by atoms with Crippen LogP contribution in [0.4, 0.5) is 5.82 Å². The number of anilines is 1. The van der Waals surface area contributed by atoms with Gasteiger partial charge >= 0.3 is 0 Å². The predicted molar refractivity (Wildman–Crippen MR) is 116 cm³/mol. The van der Waals surface area contributed by atoms with Gasteiger partial charge in [-0.2, -0.15) is 5.10 Å². The maximum absolute atomic E-state index is 12.2. The molecule has 1 N–H and O–H groups in total. The minimum absolute atomic E-state index is 0.299. The highest BCUT2D eigenvalue weighted by Gasteiger charge is 2.24. The van der Waals surface area contributed by atoms with E-state index >= 15 is 0 Å². The molecule has 154 valence electrons. The summed E-state index contributed by atoms with van der Waals surface area (Å²) in [4.78, 5) is 18.6. The number of hydrogen-bond acceptors (Lipinski definition) is 6. The van der Waals surface area contributed by atoms with E-state index in [0.29, 0.717) is 16.3 Å². The monoisotopic (exact) mass is 423 g/mol. The molecular weight excluding hydrogens is 402 g/mol. The zero-order valence-corrected chi connectivity index (χ0v) is 17.3. The second-order valence-electron chi connectivity index (χ2n) is 7.33. The summed E-state index contributed by atoms with van der Waals surface area (Å²) in [6, 6.07) is 7.87. The molecule has 8 nitrogen and oxygen atoms in total. The summed E-state index contributed by atoms with van der Waals surface area (Å²) in [7, 11) is -0.0399. The molecule has 1 fully saturated rings. The number of nitrogens with one attached hydrogen (secondary N) is 1. The van der Waals surface area contributed by atoms with Crippen LogP contribution >= 0.6 is 0 Å². The summed E-state index contributed by atoms with van der Waals surface area (Å²) in [6.45, 7) is 2.09. The van der Waals surface area contributed by atoms with Crippen molar-refractivity contribution in [2.45, 2.75) is 19.3 Å². The maximum Gasteiger partial charge on any atom is 0.258 e. The fraction of sp³-hybridized carbons (Fsp3) is 0.286. The molecule has 1 amide bonds. The first-order valence-electron chi connectivity index (χ1n) is 9.85. The Hall–Kier alpha value is -3.20. The molecule has 30 heavy (non-hydrogen) atoms. The number of hydrogen-bond donors (Lipinski definition) is 1.